The number of carbonyl (C=O) groups is 1. The molecule has 0 aliphatic heterocycles. The number of fused-ring (bicyclic) bond motifs is 1. The summed E-state index contributed by atoms with van der Waals surface area (Å²) in [6.07, 6.45) is 3.33. The molecule has 1 aromatic heterocycles. The molecule has 0 bridgehead atoms. The first-order chi connectivity index (χ1) is 11.6. The molecule has 5 heteroatoms. The lowest BCUT2D eigenvalue weighted by molar-refractivity contribution is -0.115. The number of hydrogen-bond donors (Lipinski definition) is 1. The molecule has 1 N–H and O–H groups in total. The number of carbonyl (C=O) groups excluding carboxylic acids is 1. The summed E-state index contributed by atoms with van der Waals surface area (Å²) in [7, 11) is 1.62. The maximum absolute atomic E-state index is 12.3. The number of hydrogen-bond acceptors (Lipinski definition) is 4. The average molecular weight is 340 g/mol. The van der Waals surface area contributed by atoms with Crippen molar-refractivity contribution in [2.24, 2.45) is 5.92 Å². The Balaban J connectivity index is 1.73. The van der Waals surface area contributed by atoms with Gasteiger partial charge in [0.05, 0.1) is 19.1 Å². The fraction of sp³-hybridized carbons (Fsp3) is 0.368. The number of thiophene rings is 1. The molecule has 0 spiro atoms. The van der Waals surface area contributed by atoms with E-state index in [0.29, 0.717) is 16.5 Å². The third kappa shape index (κ3) is 3.44. The molecule has 0 fully saturated rings. The van der Waals surface area contributed by atoms with Crippen LogP contribution in [0.3, 0.4) is 0 Å². The van der Waals surface area contributed by atoms with Crippen LogP contribution in [0.15, 0.2) is 24.3 Å². The summed E-state index contributed by atoms with van der Waals surface area (Å²) >= 11 is 1.56. The molecule has 0 saturated heterocycles. The molecule has 4 nitrogen and oxygen atoms in total. The van der Waals surface area contributed by atoms with Gasteiger partial charge in [-0.2, -0.15) is 5.26 Å². The minimum atomic E-state index is -0.0942. The fourth-order valence-electron chi connectivity index (χ4n) is 3.06. The largest absolute Gasteiger partial charge is 0.497 e. The molecule has 1 amide bonds. The summed E-state index contributed by atoms with van der Waals surface area (Å²) in [5.41, 5.74) is 2.71. The second kappa shape index (κ2) is 7.06. The fourth-order valence-corrected chi connectivity index (χ4v) is 4.43. The second-order valence-corrected chi connectivity index (χ2v) is 7.35. The monoisotopic (exact) mass is 340 g/mol. The van der Waals surface area contributed by atoms with Crippen LogP contribution in [0.25, 0.3) is 0 Å². The Hall–Kier alpha value is -2.32. The van der Waals surface area contributed by atoms with Crippen molar-refractivity contribution in [1.29, 1.82) is 5.26 Å². The van der Waals surface area contributed by atoms with Gasteiger partial charge < -0.3 is 10.1 Å². The van der Waals surface area contributed by atoms with Crippen molar-refractivity contribution >= 4 is 22.2 Å². The molecule has 24 heavy (non-hydrogen) atoms. The van der Waals surface area contributed by atoms with Gasteiger partial charge in [-0.15, -0.1) is 11.3 Å². The van der Waals surface area contributed by atoms with E-state index in [9.17, 15) is 10.1 Å². The van der Waals surface area contributed by atoms with Gasteiger partial charge in [-0.05, 0) is 48.4 Å². The van der Waals surface area contributed by atoms with Gasteiger partial charge in [0.15, 0.2) is 0 Å². The highest BCUT2D eigenvalue weighted by Crippen LogP contribution is 2.39. The van der Waals surface area contributed by atoms with Gasteiger partial charge in [-0.25, -0.2) is 0 Å². The number of methoxy groups -OCH3 is 1. The van der Waals surface area contributed by atoms with E-state index in [1.165, 1.54) is 4.88 Å². The zero-order chi connectivity index (χ0) is 17.1. The predicted octanol–water partition coefficient (Wildman–Crippen LogP) is 3.93. The smallest absolute Gasteiger partial charge is 0.229 e. The van der Waals surface area contributed by atoms with Crippen LogP contribution in [0.4, 0.5) is 5.00 Å². The lowest BCUT2D eigenvalue weighted by Gasteiger charge is -2.17. The van der Waals surface area contributed by atoms with E-state index < -0.39 is 0 Å². The predicted molar refractivity (Wildman–Crippen MR) is 95.6 cm³/mol. The maximum Gasteiger partial charge on any atom is 0.229 e. The standard InChI is InChI=1S/C19H20N2O2S/c1-12-3-8-15-16(11-20)19(24-17(15)9-12)21-18(22)10-13-4-6-14(23-2)7-5-13/h4-7,12H,3,8-10H2,1-2H3,(H,21,22). The van der Waals surface area contributed by atoms with Crippen molar-refractivity contribution in [2.75, 3.05) is 12.4 Å². The Morgan fingerprint density at radius 3 is 2.83 bits per heavy atom. The molecule has 1 aliphatic rings. The first kappa shape index (κ1) is 16.5. The maximum atomic E-state index is 12.3. The quantitative estimate of drug-likeness (QED) is 0.917. The van der Waals surface area contributed by atoms with Gasteiger partial charge in [0, 0.05) is 4.88 Å². The van der Waals surface area contributed by atoms with E-state index in [1.807, 2.05) is 24.3 Å². The highest BCUT2D eigenvalue weighted by Gasteiger charge is 2.24. The van der Waals surface area contributed by atoms with Gasteiger partial charge in [-0.3, -0.25) is 4.79 Å². The molecule has 2 aromatic rings. The number of anilines is 1. The molecule has 124 valence electrons. The third-order valence-electron chi connectivity index (χ3n) is 4.40. The van der Waals surface area contributed by atoms with Gasteiger partial charge in [0.1, 0.15) is 16.8 Å². The van der Waals surface area contributed by atoms with Crippen LogP contribution >= 0.6 is 11.3 Å². The van der Waals surface area contributed by atoms with Gasteiger partial charge in [0.25, 0.3) is 0 Å². The van der Waals surface area contributed by atoms with Crippen molar-refractivity contribution in [3.8, 4) is 11.8 Å². The van der Waals surface area contributed by atoms with E-state index in [0.717, 1.165) is 36.1 Å². The first-order valence-electron chi connectivity index (χ1n) is 8.08. The van der Waals surface area contributed by atoms with Gasteiger partial charge in [-0.1, -0.05) is 19.1 Å². The Kier molecular flexibility index (Phi) is 4.86. The number of ether oxygens (including phenoxy) is 1. The molecule has 1 aromatic carbocycles. The van der Waals surface area contributed by atoms with Crippen LogP contribution < -0.4 is 10.1 Å². The number of nitrogens with one attached hydrogen (secondary N) is 1. The highest BCUT2D eigenvalue weighted by molar-refractivity contribution is 7.16. The second-order valence-electron chi connectivity index (χ2n) is 6.24. The molecule has 0 saturated carbocycles. The van der Waals surface area contributed by atoms with Crippen molar-refractivity contribution in [1.82, 2.24) is 0 Å². The Morgan fingerprint density at radius 2 is 2.17 bits per heavy atom. The van der Waals surface area contributed by atoms with Crippen LogP contribution in [0, 0.1) is 17.2 Å². The number of nitriles is 1. The Labute approximate surface area is 146 Å². The molecule has 1 aliphatic carbocycles. The zero-order valence-corrected chi connectivity index (χ0v) is 14.7. The first-order valence-corrected chi connectivity index (χ1v) is 8.89. The van der Waals surface area contributed by atoms with Crippen LogP contribution in [0.5, 0.6) is 5.75 Å². The average Bonchev–Trinajstić information content (AvgIpc) is 2.91. The van der Waals surface area contributed by atoms with Crippen LogP contribution in [-0.2, 0) is 24.1 Å². The molecule has 1 atom stereocenters. The number of benzene rings is 1. The molecular formula is C19H20N2O2S. The molecule has 1 unspecified atom stereocenters. The van der Waals surface area contributed by atoms with Crippen LogP contribution in [-0.4, -0.2) is 13.0 Å². The topological polar surface area (TPSA) is 62.1 Å². The number of nitrogens with zero attached hydrogens (tertiary/aromatic N) is 1. The summed E-state index contributed by atoms with van der Waals surface area (Å²) in [4.78, 5) is 13.6. The molecular weight excluding hydrogens is 320 g/mol. The third-order valence-corrected chi connectivity index (χ3v) is 5.57. The Bertz CT molecular complexity index is 787. The summed E-state index contributed by atoms with van der Waals surface area (Å²) in [5, 5.41) is 13.1. The molecule has 0 radical (unpaired) electrons. The summed E-state index contributed by atoms with van der Waals surface area (Å²) in [6.45, 7) is 2.23. The van der Waals surface area contributed by atoms with Crippen molar-refractivity contribution in [3.63, 3.8) is 0 Å². The minimum Gasteiger partial charge on any atom is -0.497 e. The highest BCUT2D eigenvalue weighted by atomic mass is 32.1. The summed E-state index contributed by atoms with van der Waals surface area (Å²) < 4.78 is 5.12. The van der Waals surface area contributed by atoms with Crippen molar-refractivity contribution < 1.29 is 9.53 Å². The minimum absolute atomic E-state index is 0.0942. The van der Waals surface area contributed by atoms with E-state index in [1.54, 1.807) is 18.4 Å². The zero-order valence-electron chi connectivity index (χ0n) is 13.9. The van der Waals surface area contributed by atoms with Gasteiger partial charge >= 0.3 is 0 Å². The van der Waals surface area contributed by atoms with Crippen molar-refractivity contribution in [2.45, 2.75) is 32.6 Å². The van der Waals surface area contributed by atoms with Crippen LogP contribution in [0.2, 0.25) is 0 Å². The summed E-state index contributed by atoms with van der Waals surface area (Å²) in [6, 6.07) is 9.73. The SMILES string of the molecule is COc1ccc(CC(=O)Nc2sc3c(c2C#N)CCC(C)C3)cc1. The number of rotatable bonds is 4. The van der Waals surface area contributed by atoms with Crippen molar-refractivity contribution in [3.05, 3.63) is 45.8 Å². The molecule has 3 rings (SSSR count). The number of amides is 1. The summed E-state index contributed by atoms with van der Waals surface area (Å²) in [5.74, 6) is 1.32. The van der Waals surface area contributed by atoms with Crippen LogP contribution in [0.1, 0.15) is 34.9 Å². The van der Waals surface area contributed by atoms with E-state index >= 15 is 0 Å². The van der Waals surface area contributed by atoms with E-state index in [4.69, 9.17) is 4.74 Å². The lowest BCUT2D eigenvalue weighted by atomic mass is 9.88. The lowest BCUT2D eigenvalue weighted by Crippen LogP contribution is -2.14. The Morgan fingerprint density at radius 1 is 1.42 bits per heavy atom. The normalized spacial score (nSPS) is 16.1. The van der Waals surface area contributed by atoms with E-state index in [2.05, 4.69) is 18.3 Å². The molecule has 1 heterocycles. The van der Waals surface area contributed by atoms with E-state index in [-0.39, 0.29) is 12.3 Å². The van der Waals surface area contributed by atoms with Gasteiger partial charge in [0.2, 0.25) is 5.91 Å².